The van der Waals surface area contributed by atoms with Gasteiger partial charge in [-0.15, -0.1) is 0 Å². The second-order valence-electron chi connectivity index (χ2n) is 7.64. The average Bonchev–Trinajstić information content (AvgIpc) is 2.80. The molecule has 0 aromatic heterocycles. The SMILES string of the molecule is CCOC(=O)C(C)Oc1ccc(/C=N/NC(=O)C(NC(=O)c2ccc(Cl)c(Cl)c2)C(C)C)cc1. The summed E-state index contributed by atoms with van der Waals surface area (Å²) in [4.78, 5) is 36.8. The Labute approximate surface area is 208 Å². The normalized spacial score (nSPS) is 12.8. The zero-order chi connectivity index (χ0) is 25.3. The van der Waals surface area contributed by atoms with Crippen LogP contribution in [-0.2, 0) is 14.3 Å². The van der Waals surface area contributed by atoms with E-state index in [4.69, 9.17) is 32.7 Å². The molecule has 10 heteroatoms. The predicted molar refractivity (Wildman–Crippen MR) is 131 cm³/mol. The maximum atomic E-state index is 12.6. The van der Waals surface area contributed by atoms with Crippen molar-refractivity contribution in [3.63, 3.8) is 0 Å². The Morgan fingerprint density at radius 2 is 1.71 bits per heavy atom. The first-order chi connectivity index (χ1) is 16.1. The molecule has 2 N–H and O–H groups in total. The Kier molecular flexibility index (Phi) is 10.3. The molecule has 0 spiro atoms. The first-order valence-electron chi connectivity index (χ1n) is 10.6. The molecule has 2 amide bonds. The van der Waals surface area contributed by atoms with Gasteiger partial charge in [0.2, 0.25) is 0 Å². The second-order valence-corrected chi connectivity index (χ2v) is 8.45. The summed E-state index contributed by atoms with van der Waals surface area (Å²) >= 11 is 11.9. The maximum Gasteiger partial charge on any atom is 0.347 e. The fraction of sp³-hybridized carbons (Fsp3) is 0.333. The van der Waals surface area contributed by atoms with Gasteiger partial charge in [-0.1, -0.05) is 37.0 Å². The lowest BCUT2D eigenvalue weighted by atomic mass is 10.0. The Hall–Kier alpha value is -3.10. The van der Waals surface area contributed by atoms with Crippen molar-refractivity contribution in [3.8, 4) is 5.75 Å². The van der Waals surface area contributed by atoms with Crippen molar-refractivity contribution in [2.45, 2.75) is 39.8 Å². The molecule has 2 rings (SSSR count). The van der Waals surface area contributed by atoms with E-state index in [1.807, 2.05) is 0 Å². The second kappa shape index (κ2) is 13.0. The Morgan fingerprint density at radius 3 is 2.29 bits per heavy atom. The number of halogens is 2. The quantitative estimate of drug-likeness (QED) is 0.284. The number of benzene rings is 2. The summed E-state index contributed by atoms with van der Waals surface area (Å²) in [5.41, 5.74) is 3.42. The van der Waals surface area contributed by atoms with E-state index < -0.39 is 29.9 Å². The molecule has 0 saturated carbocycles. The van der Waals surface area contributed by atoms with Crippen LogP contribution in [0.5, 0.6) is 5.75 Å². The molecule has 34 heavy (non-hydrogen) atoms. The van der Waals surface area contributed by atoms with E-state index >= 15 is 0 Å². The third kappa shape index (κ3) is 8.04. The maximum absolute atomic E-state index is 12.6. The number of nitrogens with zero attached hydrogens (tertiary/aromatic N) is 1. The van der Waals surface area contributed by atoms with E-state index in [2.05, 4.69) is 15.8 Å². The Balaban J connectivity index is 1.95. The molecular formula is C24H27Cl2N3O5. The van der Waals surface area contributed by atoms with Gasteiger partial charge >= 0.3 is 5.97 Å². The molecule has 0 aliphatic heterocycles. The molecule has 0 heterocycles. The van der Waals surface area contributed by atoms with Gasteiger partial charge in [-0.05, 0) is 67.8 Å². The number of amides is 2. The smallest absolute Gasteiger partial charge is 0.347 e. The highest BCUT2D eigenvalue weighted by Gasteiger charge is 2.24. The van der Waals surface area contributed by atoms with Crippen molar-refractivity contribution in [1.82, 2.24) is 10.7 Å². The molecule has 0 bridgehead atoms. The fourth-order valence-corrected chi connectivity index (χ4v) is 3.08. The zero-order valence-corrected chi connectivity index (χ0v) is 20.8. The lowest BCUT2D eigenvalue weighted by molar-refractivity contribution is -0.150. The van der Waals surface area contributed by atoms with Crippen LogP contribution in [0.25, 0.3) is 0 Å². The van der Waals surface area contributed by atoms with Crippen molar-refractivity contribution in [1.29, 1.82) is 0 Å². The third-order valence-corrected chi connectivity index (χ3v) is 5.36. The monoisotopic (exact) mass is 507 g/mol. The summed E-state index contributed by atoms with van der Waals surface area (Å²) in [6.07, 6.45) is 0.722. The first kappa shape index (κ1) is 27.1. The van der Waals surface area contributed by atoms with Gasteiger partial charge in [0.25, 0.3) is 11.8 Å². The lowest BCUT2D eigenvalue weighted by Gasteiger charge is -2.20. The number of hydrogen-bond acceptors (Lipinski definition) is 6. The highest BCUT2D eigenvalue weighted by atomic mass is 35.5. The third-order valence-electron chi connectivity index (χ3n) is 4.62. The van der Waals surface area contributed by atoms with E-state index in [0.29, 0.717) is 16.3 Å². The van der Waals surface area contributed by atoms with Gasteiger partial charge in [-0.3, -0.25) is 9.59 Å². The van der Waals surface area contributed by atoms with Crippen LogP contribution >= 0.6 is 23.2 Å². The van der Waals surface area contributed by atoms with E-state index in [1.165, 1.54) is 24.4 Å². The van der Waals surface area contributed by atoms with Gasteiger partial charge in [-0.25, -0.2) is 10.2 Å². The molecule has 2 unspecified atom stereocenters. The zero-order valence-electron chi connectivity index (χ0n) is 19.3. The van der Waals surface area contributed by atoms with Gasteiger partial charge in [-0.2, -0.15) is 5.10 Å². The number of ether oxygens (including phenoxy) is 2. The standard InChI is InChI=1S/C24H27Cl2N3O5/c1-5-33-24(32)15(4)34-18-9-6-16(7-10-18)13-27-29-23(31)21(14(2)3)28-22(30)17-8-11-19(25)20(26)12-17/h6-15,21H,5H2,1-4H3,(H,28,30)(H,29,31)/b27-13+. The molecule has 8 nitrogen and oxygen atoms in total. The van der Waals surface area contributed by atoms with E-state index in [1.54, 1.807) is 52.0 Å². The van der Waals surface area contributed by atoms with E-state index in [-0.39, 0.29) is 23.1 Å². The molecule has 0 fully saturated rings. The van der Waals surface area contributed by atoms with Crippen molar-refractivity contribution in [2.24, 2.45) is 11.0 Å². The molecule has 0 aliphatic rings. The van der Waals surface area contributed by atoms with Crippen LogP contribution in [0.2, 0.25) is 10.0 Å². The van der Waals surface area contributed by atoms with Gasteiger partial charge in [0.15, 0.2) is 6.10 Å². The van der Waals surface area contributed by atoms with E-state index in [0.717, 1.165) is 0 Å². The van der Waals surface area contributed by atoms with Crippen molar-refractivity contribution in [2.75, 3.05) is 6.61 Å². The van der Waals surface area contributed by atoms with Gasteiger partial charge in [0, 0.05) is 5.56 Å². The summed E-state index contributed by atoms with van der Waals surface area (Å²) in [6.45, 7) is 7.22. The topological polar surface area (TPSA) is 106 Å². The van der Waals surface area contributed by atoms with E-state index in [9.17, 15) is 14.4 Å². The van der Waals surface area contributed by atoms with Crippen LogP contribution in [0.1, 0.15) is 43.6 Å². The fourth-order valence-electron chi connectivity index (χ4n) is 2.78. The highest BCUT2D eigenvalue weighted by molar-refractivity contribution is 6.42. The summed E-state index contributed by atoms with van der Waals surface area (Å²) in [6, 6.07) is 10.4. The number of rotatable bonds is 10. The number of carbonyl (C=O) groups excluding carboxylic acids is 3. The first-order valence-corrected chi connectivity index (χ1v) is 11.4. The summed E-state index contributed by atoms with van der Waals surface area (Å²) < 4.78 is 10.4. The van der Waals surface area contributed by atoms with Crippen LogP contribution in [0.4, 0.5) is 0 Å². The number of nitrogens with one attached hydrogen (secondary N) is 2. The lowest BCUT2D eigenvalue weighted by Crippen LogP contribution is -2.48. The number of hydrogen-bond donors (Lipinski definition) is 2. The predicted octanol–water partition coefficient (Wildman–Crippen LogP) is 4.23. The van der Waals surface area contributed by atoms with Crippen LogP contribution in [0, 0.1) is 5.92 Å². The molecule has 182 valence electrons. The van der Waals surface area contributed by atoms with Gasteiger partial charge < -0.3 is 14.8 Å². The van der Waals surface area contributed by atoms with Crippen molar-refractivity contribution < 1.29 is 23.9 Å². The number of esters is 1. The molecule has 0 saturated heterocycles. The summed E-state index contributed by atoms with van der Waals surface area (Å²) in [5, 5.41) is 7.23. The number of hydrazone groups is 1. The molecular weight excluding hydrogens is 481 g/mol. The number of carbonyl (C=O) groups is 3. The minimum absolute atomic E-state index is 0.195. The van der Waals surface area contributed by atoms with Crippen molar-refractivity contribution >= 4 is 47.2 Å². The largest absolute Gasteiger partial charge is 0.479 e. The highest BCUT2D eigenvalue weighted by Crippen LogP contribution is 2.22. The van der Waals surface area contributed by atoms with Crippen molar-refractivity contribution in [3.05, 3.63) is 63.6 Å². The Bertz CT molecular complexity index is 1040. The van der Waals surface area contributed by atoms with Crippen LogP contribution in [0.15, 0.2) is 47.6 Å². The molecule has 2 aromatic carbocycles. The van der Waals surface area contributed by atoms with Crippen LogP contribution in [0.3, 0.4) is 0 Å². The Morgan fingerprint density at radius 1 is 1.03 bits per heavy atom. The molecule has 0 aliphatic carbocycles. The molecule has 2 atom stereocenters. The average molecular weight is 508 g/mol. The minimum Gasteiger partial charge on any atom is -0.479 e. The molecule has 0 radical (unpaired) electrons. The molecule has 2 aromatic rings. The van der Waals surface area contributed by atoms with Crippen LogP contribution < -0.4 is 15.5 Å². The van der Waals surface area contributed by atoms with Gasteiger partial charge in [0.1, 0.15) is 11.8 Å². The summed E-state index contributed by atoms with van der Waals surface area (Å²) in [5.74, 6) is -1.07. The van der Waals surface area contributed by atoms with Gasteiger partial charge in [0.05, 0.1) is 22.9 Å². The summed E-state index contributed by atoms with van der Waals surface area (Å²) in [7, 11) is 0. The minimum atomic E-state index is -0.820. The van der Waals surface area contributed by atoms with Crippen LogP contribution in [-0.4, -0.2) is 42.8 Å².